The second-order valence-corrected chi connectivity index (χ2v) is 1.12. The Hall–Kier alpha value is 1.04. The molecule has 0 amide bonds. The van der Waals surface area contributed by atoms with Crippen molar-refractivity contribution in [3.63, 3.8) is 0 Å². The molecule has 0 heterocycles. The molecule has 2 nitrogen and oxygen atoms in total. The third-order valence-electron chi connectivity index (χ3n) is 0.454. The van der Waals surface area contributed by atoms with Crippen LogP contribution in [0.4, 0.5) is 4.70 Å². The number of carboxylic acids is 1. The molecule has 0 N–H and O–H groups in total. The van der Waals surface area contributed by atoms with Crippen LogP contribution in [0.15, 0.2) is 0 Å². The molecular weight excluding hydrogens is 138 g/mol. The number of carbonyl (C=O) groups is 1. The van der Waals surface area contributed by atoms with Crippen LogP contribution in [-0.4, -0.2) is 5.97 Å². The molecule has 0 aliphatic heterocycles. The Kier molecular flexibility index (Phi) is 21.9. The van der Waals surface area contributed by atoms with Crippen molar-refractivity contribution < 1.29 is 66.0 Å². The van der Waals surface area contributed by atoms with Crippen molar-refractivity contribution in [2.24, 2.45) is 0 Å². The van der Waals surface area contributed by atoms with Crippen molar-refractivity contribution in [3.05, 3.63) is 0 Å². The van der Waals surface area contributed by atoms with Gasteiger partial charge in [-0.3, -0.25) is 4.70 Å². The Morgan fingerprint density at radius 1 is 1.62 bits per heavy atom. The summed E-state index contributed by atoms with van der Waals surface area (Å²) in [6, 6.07) is 0. The number of hydrogen-bond acceptors (Lipinski definition) is 2. The van der Waals surface area contributed by atoms with Gasteiger partial charge in [-0.25, -0.2) is 0 Å². The van der Waals surface area contributed by atoms with Gasteiger partial charge in [-0.1, -0.05) is 13.3 Å². The molecule has 0 rings (SSSR count). The van der Waals surface area contributed by atoms with Crippen LogP contribution in [-0.2, 0) is 4.79 Å². The zero-order valence-corrected chi connectivity index (χ0v) is 8.26. The molecule has 8 heavy (non-hydrogen) atoms. The van der Waals surface area contributed by atoms with Gasteiger partial charge in [0, 0.05) is 5.97 Å². The molecule has 0 aromatic heterocycles. The van der Waals surface area contributed by atoms with Gasteiger partial charge in [0.15, 0.2) is 0 Å². The van der Waals surface area contributed by atoms with Gasteiger partial charge in [-0.2, -0.15) is 0 Å². The third kappa shape index (κ3) is 15.7. The van der Waals surface area contributed by atoms with E-state index in [-0.39, 0.29) is 62.5 Å². The fourth-order valence-corrected chi connectivity index (χ4v) is 0.204. The monoisotopic (exact) mass is 146 g/mol. The first-order valence-corrected chi connectivity index (χ1v) is 1.97. The smallest absolute Gasteiger partial charge is 0.550 e. The van der Waals surface area contributed by atoms with Gasteiger partial charge < -0.3 is 9.90 Å². The van der Waals surface area contributed by atoms with Crippen molar-refractivity contribution >= 4 is 5.97 Å². The van der Waals surface area contributed by atoms with Crippen LogP contribution in [0.5, 0.6) is 0 Å². The molecule has 0 saturated carbocycles. The Morgan fingerprint density at radius 2 is 2.00 bits per heavy atom. The van der Waals surface area contributed by atoms with E-state index in [1.165, 1.54) is 0 Å². The second-order valence-electron chi connectivity index (χ2n) is 1.12. The zero-order valence-electron chi connectivity index (χ0n) is 5.14. The summed E-state index contributed by atoms with van der Waals surface area (Å²) >= 11 is 0. The molecule has 0 unspecified atom stereocenters. The van der Waals surface area contributed by atoms with Gasteiger partial charge in [0.2, 0.25) is 0 Å². The molecule has 0 aromatic rings. The van der Waals surface area contributed by atoms with Crippen molar-refractivity contribution in [3.8, 4) is 0 Å². The van der Waals surface area contributed by atoms with E-state index in [4.69, 9.17) is 0 Å². The topological polar surface area (TPSA) is 40.1 Å². The fraction of sp³-hybridized carbons (Fsp3) is 0.750. The first kappa shape index (κ1) is 16.0. The van der Waals surface area contributed by atoms with Crippen LogP contribution in [0.3, 0.4) is 0 Å². The minimum absolute atomic E-state index is 0. The first-order chi connectivity index (χ1) is 2.77. The molecule has 0 fully saturated rings. The molecule has 0 radical (unpaired) electrons. The number of carboxylic acid groups (broad SMARTS) is 1. The number of carbonyl (C=O) groups excluding carboxylic acids is 1. The zero-order chi connectivity index (χ0) is 4.99. The fourth-order valence-electron chi connectivity index (χ4n) is 0.204. The molecule has 0 atom stereocenters. The summed E-state index contributed by atoms with van der Waals surface area (Å²) in [6.45, 7) is 1.80. The van der Waals surface area contributed by atoms with E-state index in [0.29, 0.717) is 6.42 Å². The van der Waals surface area contributed by atoms with E-state index < -0.39 is 5.97 Å². The van der Waals surface area contributed by atoms with Gasteiger partial charge in [0.1, 0.15) is 0 Å². The van der Waals surface area contributed by atoms with E-state index in [1.807, 2.05) is 0 Å². The van der Waals surface area contributed by atoms with Crippen LogP contribution >= 0.6 is 0 Å². The van der Waals surface area contributed by atoms with Crippen LogP contribution in [0.1, 0.15) is 19.8 Å². The Labute approximate surface area is 90.4 Å². The van der Waals surface area contributed by atoms with E-state index in [2.05, 4.69) is 0 Å². The maximum absolute atomic E-state index is 9.49. The van der Waals surface area contributed by atoms with Crippen LogP contribution in [0.25, 0.3) is 0 Å². The summed E-state index contributed by atoms with van der Waals surface area (Å²) in [4.78, 5) is 9.49. The van der Waals surface area contributed by atoms with E-state index in [1.54, 1.807) is 6.92 Å². The maximum Gasteiger partial charge on any atom is 1.00 e. The Balaban J connectivity index is -0.000000125. The first-order valence-electron chi connectivity index (χ1n) is 1.97. The van der Waals surface area contributed by atoms with Gasteiger partial charge in [-0.15, -0.1) is 0 Å². The number of rotatable bonds is 2. The number of aliphatic carboxylic acids is 1. The van der Waals surface area contributed by atoms with Crippen molar-refractivity contribution in [1.82, 2.24) is 0 Å². The molecule has 0 bridgehead atoms. The summed E-state index contributed by atoms with van der Waals surface area (Å²) in [5.41, 5.74) is 0. The SMILES string of the molecule is CCCC(=O)[O-].F.[K+]. The number of halogens is 1. The number of hydrogen-bond donors (Lipinski definition) is 0. The minimum Gasteiger partial charge on any atom is -0.550 e. The van der Waals surface area contributed by atoms with Gasteiger partial charge in [0.05, 0.1) is 0 Å². The molecule has 0 aliphatic carbocycles. The summed E-state index contributed by atoms with van der Waals surface area (Å²) in [5, 5.41) is 9.49. The molecule has 0 aliphatic rings. The Morgan fingerprint density at radius 3 is 2.00 bits per heavy atom. The predicted octanol–water partition coefficient (Wildman–Crippen LogP) is -3.31. The van der Waals surface area contributed by atoms with Crippen molar-refractivity contribution in [2.45, 2.75) is 19.8 Å². The maximum atomic E-state index is 9.49. The van der Waals surface area contributed by atoms with Crippen LogP contribution < -0.4 is 56.5 Å². The van der Waals surface area contributed by atoms with Crippen molar-refractivity contribution in [2.75, 3.05) is 0 Å². The van der Waals surface area contributed by atoms with E-state index in [0.717, 1.165) is 0 Å². The quantitative estimate of drug-likeness (QED) is 0.383. The summed E-state index contributed by atoms with van der Waals surface area (Å²) in [7, 11) is 0. The molecular formula is C4H8FKO2. The minimum atomic E-state index is -0.961. The van der Waals surface area contributed by atoms with Gasteiger partial charge in [0.25, 0.3) is 0 Å². The molecule has 44 valence electrons. The van der Waals surface area contributed by atoms with Crippen LogP contribution in [0.2, 0.25) is 0 Å². The predicted molar refractivity (Wildman–Crippen MR) is 22.4 cm³/mol. The molecule has 0 spiro atoms. The third-order valence-corrected chi connectivity index (χ3v) is 0.454. The summed E-state index contributed by atoms with van der Waals surface area (Å²) in [5.74, 6) is -0.961. The Bertz CT molecular complexity index is 58.0. The molecule has 4 heteroatoms. The average molecular weight is 146 g/mol. The molecule has 0 aromatic carbocycles. The normalized spacial score (nSPS) is 6.12. The summed E-state index contributed by atoms with van der Waals surface area (Å²) in [6.07, 6.45) is 0.850. The standard InChI is InChI=1S/C4H8O2.FH.K/c1-2-3-4(5)6;;/h2-3H2,1H3,(H,5,6);1H;/q;;+1/p-1. The molecule has 0 saturated heterocycles. The van der Waals surface area contributed by atoms with E-state index >= 15 is 0 Å². The van der Waals surface area contributed by atoms with Crippen molar-refractivity contribution in [1.29, 1.82) is 0 Å². The van der Waals surface area contributed by atoms with Gasteiger partial charge >= 0.3 is 51.4 Å². The average Bonchev–Trinajstić information content (AvgIpc) is 1.35. The van der Waals surface area contributed by atoms with Gasteiger partial charge in [-0.05, 0) is 6.42 Å². The summed E-state index contributed by atoms with van der Waals surface area (Å²) < 4.78 is 0. The van der Waals surface area contributed by atoms with Crippen LogP contribution in [0, 0.1) is 0 Å². The second kappa shape index (κ2) is 10.9. The largest absolute Gasteiger partial charge is 1.00 e. The van der Waals surface area contributed by atoms with E-state index in [9.17, 15) is 9.90 Å².